The summed E-state index contributed by atoms with van der Waals surface area (Å²) in [5.74, 6) is -1.54. The number of carboxylic acid groups (broad SMARTS) is 1. The van der Waals surface area contributed by atoms with Crippen molar-refractivity contribution in [2.24, 2.45) is 5.92 Å². The van der Waals surface area contributed by atoms with Gasteiger partial charge in [0.25, 0.3) is 0 Å². The van der Waals surface area contributed by atoms with E-state index in [-0.39, 0.29) is 5.92 Å². The van der Waals surface area contributed by atoms with Gasteiger partial charge < -0.3 is 10.4 Å². The number of hydrogen-bond acceptors (Lipinski definition) is 2. The molecule has 4 nitrogen and oxygen atoms in total. The third-order valence-electron chi connectivity index (χ3n) is 5.13. The Labute approximate surface area is 195 Å². The number of amides is 1. The van der Waals surface area contributed by atoms with Crippen LogP contribution in [0, 0.1) is 5.92 Å². The lowest BCUT2D eigenvalue weighted by Gasteiger charge is -2.19. The van der Waals surface area contributed by atoms with Crippen LogP contribution in [0.1, 0.15) is 78.6 Å². The van der Waals surface area contributed by atoms with Gasteiger partial charge in [-0.1, -0.05) is 133 Å². The van der Waals surface area contributed by atoms with E-state index < -0.39 is 17.9 Å². The summed E-state index contributed by atoms with van der Waals surface area (Å²) in [4.78, 5) is 23.0. The van der Waals surface area contributed by atoms with Gasteiger partial charge in [0.1, 0.15) is 6.04 Å². The normalized spacial score (nSPS) is 14.6. The molecule has 0 fully saturated rings. The summed E-state index contributed by atoms with van der Waals surface area (Å²) in [5, 5.41) is 11.7. The molecule has 1 amide bonds. The summed E-state index contributed by atoms with van der Waals surface area (Å²) in [7, 11) is 0. The Balaban J connectivity index is 3.98. The SMILES string of the molecule is CCCCCCCCCC=CC=CC=CC=CC=CC=CC(=O)N[C@H](C(=O)O)[C@@H](C)CC. The molecule has 2 atom stereocenters. The molecule has 0 rings (SSSR count). The molecule has 0 saturated heterocycles. The van der Waals surface area contributed by atoms with Crippen molar-refractivity contribution in [3.63, 3.8) is 0 Å². The van der Waals surface area contributed by atoms with Crippen LogP contribution in [0.2, 0.25) is 0 Å². The average molecular weight is 442 g/mol. The van der Waals surface area contributed by atoms with E-state index >= 15 is 0 Å². The lowest BCUT2D eigenvalue weighted by molar-refractivity contribution is -0.142. The second-order valence-electron chi connectivity index (χ2n) is 7.95. The second-order valence-corrected chi connectivity index (χ2v) is 7.95. The van der Waals surface area contributed by atoms with Gasteiger partial charge in [0.05, 0.1) is 0 Å². The number of unbranched alkanes of at least 4 members (excludes halogenated alkanes) is 7. The zero-order chi connectivity index (χ0) is 23.9. The smallest absolute Gasteiger partial charge is 0.326 e. The summed E-state index contributed by atoms with van der Waals surface area (Å²) in [5.41, 5.74) is 0. The molecule has 0 saturated carbocycles. The van der Waals surface area contributed by atoms with Crippen molar-refractivity contribution >= 4 is 11.9 Å². The fourth-order valence-electron chi connectivity index (χ4n) is 2.93. The van der Waals surface area contributed by atoms with Crippen LogP contribution in [0.25, 0.3) is 0 Å². The van der Waals surface area contributed by atoms with E-state index in [1.165, 1.54) is 51.0 Å². The van der Waals surface area contributed by atoms with Crippen molar-refractivity contribution in [1.29, 1.82) is 0 Å². The van der Waals surface area contributed by atoms with Crippen molar-refractivity contribution in [2.45, 2.75) is 84.6 Å². The summed E-state index contributed by atoms with van der Waals surface area (Å²) < 4.78 is 0. The van der Waals surface area contributed by atoms with Gasteiger partial charge in [-0.15, -0.1) is 0 Å². The Morgan fingerprint density at radius 3 is 1.78 bits per heavy atom. The predicted octanol–water partition coefficient (Wildman–Crippen LogP) is 7.08. The molecule has 178 valence electrons. The maximum atomic E-state index is 11.8. The van der Waals surface area contributed by atoms with Crippen molar-refractivity contribution in [3.8, 4) is 0 Å². The molecule has 0 aliphatic carbocycles. The Kier molecular flexibility index (Phi) is 19.8. The molecule has 0 spiro atoms. The maximum Gasteiger partial charge on any atom is 0.326 e. The first-order chi connectivity index (χ1) is 15.5. The van der Waals surface area contributed by atoms with Gasteiger partial charge in [-0.2, -0.15) is 0 Å². The van der Waals surface area contributed by atoms with Crippen molar-refractivity contribution in [2.75, 3.05) is 0 Å². The van der Waals surface area contributed by atoms with E-state index in [1.807, 2.05) is 56.4 Å². The van der Waals surface area contributed by atoms with E-state index in [1.54, 1.807) is 12.2 Å². The number of allylic oxidation sites excluding steroid dienone is 11. The fourth-order valence-corrected chi connectivity index (χ4v) is 2.93. The first-order valence-corrected chi connectivity index (χ1v) is 12.1. The van der Waals surface area contributed by atoms with Gasteiger partial charge in [-0.05, 0) is 18.8 Å². The largest absolute Gasteiger partial charge is 0.480 e. The van der Waals surface area contributed by atoms with Crippen LogP contribution in [0.15, 0.2) is 72.9 Å². The number of aliphatic carboxylic acids is 1. The lowest BCUT2D eigenvalue weighted by Crippen LogP contribution is -2.44. The number of carbonyl (C=O) groups is 2. The Morgan fingerprint density at radius 1 is 0.750 bits per heavy atom. The number of carboxylic acids is 1. The molecule has 0 unspecified atom stereocenters. The summed E-state index contributed by atoms with van der Waals surface area (Å²) in [6.45, 7) is 5.96. The zero-order valence-corrected chi connectivity index (χ0v) is 20.2. The van der Waals surface area contributed by atoms with E-state index in [2.05, 4.69) is 24.4 Å². The van der Waals surface area contributed by atoms with Crippen LogP contribution in [0.3, 0.4) is 0 Å². The second kappa shape index (κ2) is 21.6. The van der Waals surface area contributed by atoms with Crippen LogP contribution in [0.5, 0.6) is 0 Å². The molecule has 0 aliphatic rings. The predicted molar refractivity (Wildman–Crippen MR) is 136 cm³/mol. The fraction of sp³-hybridized carbons (Fsp3) is 0.500. The average Bonchev–Trinajstić information content (AvgIpc) is 2.78. The molecule has 0 aliphatic heterocycles. The number of nitrogens with one attached hydrogen (secondary N) is 1. The topological polar surface area (TPSA) is 66.4 Å². The van der Waals surface area contributed by atoms with Crippen LogP contribution < -0.4 is 5.32 Å². The van der Waals surface area contributed by atoms with Gasteiger partial charge in [0.2, 0.25) is 5.91 Å². The molecule has 32 heavy (non-hydrogen) atoms. The molecular formula is C28H43NO3. The minimum absolute atomic E-state index is 0.121. The van der Waals surface area contributed by atoms with E-state index in [0.717, 1.165) is 6.42 Å². The highest BCUT2D eigenvalue weighted by molar-refractivity contribution is 5.91. The lowest BCUT2D eigenvalue weighted by atomic mass is 9.99. The van der Waals surface area contributed by atoms with Gasteiger partial charge in [-0.3, -0.25) is 4.79 Å². The van der Waals surface area contributed by atoms with Gasteiger partial charge >= 0.3 is 5.97 Å². The van der Waals surface area contributed by atoms with Crippen LogP contribution in [-0.2, 0) is 9.59 Å². The van der Waals surface area contributed by atoms with E-state index in [0.29, 0.717) is 6.42 Å². The van der Waals surface area contributed by atoms with Gasteiger partial charge in [-0.25, -0.2) is 4.79 Å². The third-order valence-corrected chi connectivity index (χ3v) is 5.13. The van der Waals surface area contributed by atoms with Crippen molar-refractivity contribution in [3.05, 3.63) is 72.9 Å². The highest BCUT2D eigenvalue weighted by Gasteiger charge is 2.24. The summed E-state index contributed by atoms with van der Waals surface area (Å²) in [6, 6.07) is -0.866. The first kappa shape index (κ1) is 29.4. The Morgan fingerprint density at radius 2 is 1.25 bits per heavy atom. The molecule has 0 aromatic heterocycles. The molecule has 0 aromatic rings. The minimum atomic E-state index is -1.01. The minimum Gasteiger partial charge on any atom is -0.480 e. The highest BCUT2D eigenvalue weighted by atomic mass is 16.4. The zero-order valence-electron chi connectivity index (χ0n) is 20.2. The van der Waals surface area contributed by atoms with Gasteiger partial charge in [0, 0.05) is 6.08 Å². The van der Waals surface area contributed by atoms with E-state index in [4.69, 9.17) is 0 Å². The number of hydrogen-bond donors (Lipinski definition) is 2. The molecule has 0 bridgehead atoms. The Hall–Kier alpha value is -2.62. The summed E-state index contributed by atoms with van der Waals surface area (Å²) in [6.07, 6.45) is 33.7. The number of carbonyl (C=O) groups excluding carboxylic acids is 1. The molecule has 0 aromatic carbocycles. The highest BCUT2D eigenvalue weighted by Crippen LogP contribution is 2.09. The van der Waals surface area contributed by atoms with Crippen LogP contribution in [0.4, 0.5) is 0 Å². The molecule has 2 N–H and O–H groups in total. The quantitative estimate of drug-likeness (QED) is 0.136. The van der Waals surface area contributed by atoms with Crippen LogP contribution >= 0.6 is 0 Å². The summed E-state index contributed by atoms with van der Waals surface area (Å²) >= 11 is 0. The number of rotatable bonds is 18. The van der Waals surface area contributed by atoms with Crippen LogP contribution in [-0.4, -0.2) is 23.0 Å². The standard InChI is InChI=1S/C28H43NO3/c1-4-6-7-8-9-10-11-12-13-14-15-16-17-18-19-20-21-22-23-24-26(30)29-27(28(31)32)25(3)5-2/h13-25,27H,4-12H2,1-3H3,(H,29,30)(H,31,32)/t25-,27-/m0/s1. The molecule has 0 radical (unpaired) electrons. The molecular weight excluding hydrogens is 398 g/mol. The monoisotopic (exact) mass is 441 g/mol. The molecule has 0 heterocycles. The van der Waals surface area contributed by atoms with E-state index in [9.17, 15) is 14.7 Å². The maximum absolute atomic E-state index is 11.8. The van der Waals surface area contributed by atoms with Crippen molar-refractivity contribution < 1.29 is 14.7 Å². The van der Waals surface area contributed by atoms with Gasteiger partial charge in [0.15, 0.2) is 0 Å². The Bertz CT molecular complexity index is 668. The third kappa shape index (κ3) is 18.2. The van der Waals surface area contributed by atoms with Crippen molar-refractivity contribution in [1.82, 2.24) is 5.32 Å². The molecule has 4 heteroatoms. The first-order valence-electron chi connectivity index (χ1n) is 12.1.